The number of aromatic nitrogens is 4. The van der Waals surface area contributed by atoms with Crippen LogP contribution in [0.25, 0.3) is 10.9 Å². The monoisotopic (exact) mass is 427 g/mol. The number of fused-ring (bicyclic) bond motifs is 1. The van der Waals surface area contributed by atoms with E-state index in [9.17, 15) is 13.2 Å². The number of nitrogens with one attached hydrogen (secondary N) is 2. The van der Waals surface area contributed by atoms with Gasteiger partial charge in [0.1, 0.15) is 5.82 Å². The number of aromatic amines is 1. The van der Waals surface area contributed by atoms with Crippen molar-refractivity contribution >= 4 is 16.9 Å². The van der Waals surface area contributed by atoms with Crippen molar-refractivity contribution in [3.05, 3.63) is 77.2 Å². The van der Waals surface area contributed by atoms with Gasteiger partial charge in [-0.3, -0.25) is 0 Å². The molecule has 0 aliphatic carbocycles. The lowest BCUT2D eigenvalue weighted by atomic mass is 10.1. The van der Waals surface area contributed by atoms with Gasteiger partial charge in [-0.05, 0) is 47.7 Å². The SMILES string of the molecule is CCOc1nc(Cc2cccc(C(F)(F)F)c2)nc(NCc2ccc3[nH]ccc3c2)n1. The first-order valence-corrected chi connectivity index (χ1v) is 9.74. The molecule has 0 atom stereocenters. The predicted octanol–water partition coefficient (Wildman–Crippen LogP) is 4.97. The Balaban J connectivity index is 1.54. The van der Waals surface area contributed by atoms with Gasteiger partial charge >= 0.3 is 12.2 Å². The maximum Gasteiger partial charge on any atom is 0.416 e. The standard InChI is InChI=1S/C22H20F3N5O/c1-2-31-21-29-19(12-14-4-3-5-17(11-14)22(23,24)25)28-20(30-21)27-13-15-6-7-18-16(10-15)8-9-26-18/h3-11,26H,2,12-13H2,1H3,(H,27,28,29,30). The zero-order chi connectivity index (χ0) is 21.8. The minimum absolute atomic E-state index is 0.122. The van der Waals surface area contributed by atoms with E-state index < -0.39 is 11.7 Å². The molecule has 4 rings (SSSR count). The summed E-state index contributed by atoms with van der Waals surface area (Å²) < 4.78 is 44.4. The van der Waals surface area contributed by atoms with Crippen molar-refractivity contribution in [2.45, 2.75) is 26.1 Å². The molecule has 0 fully saturated rings. The first kappa shape index (κ1) is 20.6. The van der Waals surface area contributed by atoms with Crippen molar-refractivity contribution in [2.24, 2.45) is 0 Å². The van der Waals surface area contributed by atoms with E-state index in [0.717, 1.165) is 28.6 Å². The number of H-pyrrole nitrogens is 1. The molecule has 0 unspecified atom stereocenters. The van der Waals surface area contributed by atoms with E-state index in [-0.39, 0.29) is 12.4 Å². The highest BCUT2D eigenvalue weighted by Gasteiger charge is 2.30. The molecule has 0 aliphatic rings. The van der Waals surface area contributed by atoms with Crippen molar-refractivity contribution in [3.63, 3.8) is 0 Å². The van der Waals surface area contributed by atoms with Gasteiger partial charge in [0.05, 0.1) is 12.2 Å². The first-order chi connectivity index (χ1) is 14.9. The molecule has 0 saturated heterocycles. The summed E-state index contributed by atoms with van der Waals surface area (Å²) >= 11 is 0. The summed E-state index contributed by atoms with van der Waals surface area (Å²) in [4.78, 5) is 16.0. The molecule has 0 aliphatic heterocycles. The van der Waals surface area contributed by atoms with Gasteiger partial charge in [-0.15, -0.1) is 0 Å². The molecule has 0 amide bonds. The van der Waals surface area contributed by atoms with Crippen LogP contribution in [0.3, 0.4) is 0 Å². The van der Waals surface area contributed by atoms with Crippen LogP contribution in [0, 0.1) is 0 Å². The maximum atomic E-state index is 13.0. The van der Waals surface area contributed by atoms with Gasteiger partial charge in [-0.25, -0.2) is 0 Å². The summed E-state index contributed by atoms with van der Waals surface area (Å²) in [5.74, 6) is 0.621. The van der Waals surface area contributed by atoms with Crippen LogP contribution < -0.4 is 10.1 Å². The molecule has 0 bridgehead atoms. The van der Waals surface area contributed by atoms with Crippen LogP contribution >= 0.6 is 0 Å². The number of benzene rings is 2. The van der Waals surface area contributed by atoms with Gasteiger partial charge in [-0.1, -0.05) is 24.3 Å². The van der Waals surface area contributed by atoms with Gasteiger partial charge in [-0.2, -0.15) is 28.1 Å². The molecule has 4 aromatic rings. The van der Waals surface area contributed by atoms with Crippen LogP contribution in [0.15, 0.2) is 54.7 Å². The lowest BCUT2D eigenvalue weighted by molar-refractivity contribution is -0.137. The number of hydrogen-bond acceptors (Lipinski definition) is 5. The van der Waals surface area contributed by atoms with Gasteiger partial charge in [0.25, 0.3) is 0 Å². The summed E-state index contributed by atoms with van der Waals surface area (Å²) in [6, 6.07) is 13.3. The topological polar surface area (TPSA) is 75.7 Å². The highest BCUT2D eigenvalue weighted by atomic mass is 19.4. The second-order valence-corrected chi connectivity index (χ2v) is 6.92. The molecule has 2 N–H and O–H groups in total. The van der Waals surface area contributed by atoms with Crippen molar-refractivity contribution in [2.75, 3.05) is 11.9 Å². The van der Waals surface area contributed by atoms with E-state index in [0.29, 0.717) is 30.5 Å². The van der Waals surface area contributed by atoms with Gasteiger partial charge in [0, 0.05) is 24.7 Å². The van der Waals surface area contributed by atoms with E-state index in [1.165, 1.54) is 6.07 Å². The fraction of sp³-hybridized carbons (Fsp3) is 0.227. The van der Waals surface area contributed by atoms with Crippen LogP contribution in [0.1, 0.15) is 29.4 Å². The number of halogens is 3. The summed E-state index contributed by atoms with van der Waals surface area (Å²) in [5, 5.41) is 4.24. The Morgan fingerprint density at radius 2 is 1.87 bits per heavy atom. The molecule has 0 saturated carbocycles. The number of rotatable bonds is 7. The number of alkyl halides is 3. The minimum atomic E-state index is -4.40. The van der Waals surface area contributed by atoms with Crippen LogP contribution in [-0.2, 0) is 19.1 Å². The molecule has 2 heterocycles. The molecular weight excluding hydrogens is 407 g/mol. The second-order valence-electron chi connectivity index (χ2n) is 6.92. The lowest BCUT2D eigenvalue weighted by Crippen LogP contribution is -2.10. The number of nitrogens with zero attached hydrogens (tertiary/aromatic N) is 3. The average molecular weight is 427 g/mol. The molecule has 6 nitrogen and oxygen atoms in total. The Hall–Kier alpha value is -3.62. The number of anilines is 1. The first-order valence-electron chi connectivity index (χ1n) is 9.74. The maximum absolute atomic E-state index is 13.0. The van der Waals surface area contributed by atoms with Crippen LogP contribution in [-0.4, -0.2) is 26.5 Å². The number of hydrogen-bond donors (Lipinski definition) is 2. The van der Waals surface area contributed by atoms with Gasteiger partial charge in [0.15, 0.2) is 0 Å². The zero-order valence-corrected chi connectivity index (χ0v) is 16.7. The van der Waals surface area contributed by atoms with Crippen molar-refractivity contribution in [1.82, 2.24) is 19.9 Å². The fourth-order valence-corrected chi connectivity index (χ4v) is 3.18. The van der Waals surface area contributed by atoms with Crippen molar-refractivity contribution < 1.29 is 17.9 Å². The smallest absolute Gasteiger partial charge is 0.416 e. The quantitative estimate of drug-likeness (QED) is 0.435. The normalized spacial score (nSPS) is 11.6. The van der Waals surface area contributed by atoms with E-state index >= 15 is 0 Å². The Bertz CT molecular complexity index is 1190. The summed E-state index contributed by atoms with van der Waals surface area (Å²) in [6.45, 7) is 2.63. The lowest BCUT2D eigenvalue weighted by Gasteiger charge is -2.11. The van der Waals surface area contributed by atoms with Gasteiger partial charge < -0.3 is 15.0 Å². The Morgan fingerprint density at radius 1 is 1.00 bits per heavy atom. The summed E-state index contributed by atoms with van der Waals surface area (Å²) in [5.41, 5.74) is 1.82. The van der Waals surface area contributed by atoms with Gasteiger partial charge in [0.2, 0.25) is 5.95 Å². The predicted molar refractivity (Wildman–Crippen MR) is 111 cm³/mol. The third kappa shape index (κ3) is 5.11. The molecular formula is C22H20F3N5O. The van der Waals surface area contributed by atoms with Crippen LogP contribution in [0.5, 0.6) is 6.01 Å². The molecule has 0 spiro atoms. The van der Waals surface area contributed by atoms with E-state index in [1.807, 2.05) is 30.5 Å². The zero-order valence-electron chi connectivity index (χ0n) is 16.7. The van der Waals surface area contributed by atoms with Crippen molar-refractivity contribution in [3.8, 4) is 6.01 Å². The summed E-state index contributed by atoms with van der Waals surface area (Å²) in [6.07, 6.45) is -2.41. The van der Waals surface area contributed by atoms with E-state index in [4.69, 9.17) is 4.74 Å². The van der Waals surface area contributed by atoms with E-state index in [2.05, 4.69) is 25.3 Å². The molecule has 160 valence electrons. The Morgan fingerprint density at radius 3 is 2.68 bits per heavy atom. The molecule has 0 radical (unpaired) electrons. The van der Waals surface area contributed by atoms with Crippen molar-refractivity contribution in [1.29, 1.82) is 0 Å². The Labute approximate surface area is 176 Å². The molecule has 2 aromatic heterocycles. The second kappa shape index (κ2) is 8.63. The average Bonchev–Trinajstić information content (AvgIpc) is 3.20. The highest BCUT2D eigenvalue weighted by molar-refractivity contribution is 5.79. The van der Waals surface area contributed by atoms with Crippen LogP contribution in [0.4, 0.5) is 19.1 Å². The largest absolute Gasteiger partial charge is 0.464 e. The molecule has 2 aromatic carbocycles. The highest BCUT2D eigenvalue weighted by Crippen LogP contribution is 2.30. The molecule has 31 heavy (non-hydrogen) atoms. The van der Waals surface area contributed by atoms with E-state index in [1.54, 1.807) is 13.0 Å². The third-order valence-corrected chi connectivity index (χ3v) is 4.62. The Kier molecular flexibility index (Phi) is 5.75. The third-order valence-electron chi connectivity index (χ3n) is 4.62. The summed E-state index contributed by atoms with van der Waals surface area (Å²) in [7, 11) is 0. The fourth-order valence-electron chi connectivity index (χ4n) is 3.18. The number of ether oxygens (including phenoxy) is 1. The molecule has 9 heteroatoms. The minimum Gasteiger partial charge on any atom is -0.464 e. The van der Waals surface area contributed by atoms with Crippen LogP contribution in [0.2, 0.25) is 0 Å².